The van der Waals surface area contributed by atoms with Gasteiger partial charge >= 0.3 is 0 Å². The molecule has 2 aromatic heterocycles. The van der Waals surface area contributed by atoms with Crippen LogP contribution in [-0.4, -0.2) is 18.1 Å². The standard InChI is InChI=1S/C16H21N3S/c1-2-8-17-11-14-4-3-5-16(18-14)19-9-6-15-13(12-19)7-10-20-15/h3-5,7,10,17H,2,6,8-9,11-12H2,1H3. The molecule has 0 bridgehead atoms. The predicted octanol–water partition coefficient (Wildman–Crippen LogP) is 3.21. The second-order valence-electron chi connectivity index (χ2n) is 5.20. The van der Waals surface area contributed by atoms with Crippen molar-refractivity contribution < 1.29 is 0 Å². The molecule has 0 spiro atoms. The second-order valence-corrected chi connectivity index (χ2v) is 6.21. The quantitative estimate of drug-likeness (QED) is 0.856. The van der Waals surface area contributed by atoms with E-state index in [1.807, 2.05) is 11.3 Å². The molecule has 0 saturated carbocycles. The third kappa shape index (κ3) is 3.02. The highest BCUT2D eigenvalue weighted by Crippen LogP contribution is 2.26. The summed E-state index contributed by atoms with van der Waals surface area (Å²) in [6.45, 7) is 6.17. The van der Waals surface area contributed by atoms with Gasteiger partial charge < -0.3 is 10.2 Å². The van der Waals surface area contributed by atoms with Crippen molar-refractivity contribution in [1.29, 1.82) is 0 Å². The molecule has 0 aliphatic carbocycles. The van der Waals surface area contributed by atoms with Gasteiger partial charge in [0.1, 0.15) is 5.82 Å². The Morgan fingerprint density at radius 3 is 3.20 bits per heavy atom. The summed E-state index contributed by atoms with van der Waals surface area (Å²) in [5.41, 5.74) is 2.60. The minimum absolute atomic E-state index is 0.860. The van der Waals surface area contributed by atoms with E-state index < -0.39 is 0 Å². The number of pyridine rings is 1. The first-order chi connectivity index (χ1) is 9.86. The summed E-state index contributed by atoms with van der Waals surface area (Å²) in [5.74, 6) is 1.11. The van der Waals surface area contributed by atoms with Crippen molar-refractivity contribution in [3.8, 4) is 0 Å². The molecule has 3 nitrogen and oxygen atoms in total. The first-order valence-electron chi connectivity index (χ1n) is 7.33. The molecule has 20 heavy (non-hydrogen) atoms. The topological polar surface area (TPSA) is 28.2 Å². The summed E-state index contributed by atoms with van der Waals surface area (Å²) in [7, 11) is 0. The molecule has 4 heteroatoms. The highest BCUT2D eigenvalue weighted by molar-refractivity contribution is 7.10. The fourth-order valence-corrected chi connectivity index (χ4v) is 3.47. The van der Waals surface area contributed by atoms with Crippen LogP contribution in [-0.2, 0) is 19.5 Å². The predicted molar refractivity (Wildman–Crippen MR) is 85.3 cm³/mol. The van der Waals surface area contributed by atoms with E-state index in [0.717, 1.165) is 50.5 Å². The molecular weight excluding hydrogens is 266 g/mol. The average molecular weight is 287 g/mol. The zero-order valence-corrected chi connectivity index (χ0v) is 12.7. The van der Waals surface area contributed by atoms with Crippen LogP contribution >= 0.6 is 11.3 Å². The molecule has 1 aliphatic rings. The highest BCUT2D eigenvalue weighted by Gasteiger charge is 2.18. The third-order valence-electron chi connectivity index (χ3n) is 3.66. The lowest BCUT2D eigenvalue weighted by molar-refractivity contribution is 0.660. The molecule has 0 unspecified atom stereocenters. The summed E-state index contributed by atoms with van der Waals surface area (Å²) >= 11 is 1.88. The summed E-state index contributed by atoms with van der Waals surface area (Å²) in [6, 6.07) is 8.60. The molecular formula is C16H21N3S. The number of nitrogens with one attached hydrogen (secondary N) is 1. The number of hydrogen-bond acceptors (Lipinski definition) is 4. The van der Waals surface area contributed by atoms with Crippen molar-refractivity contribution in [2.45, 2.75) is 32.9 Å². The fourth-order valence-electron chi connectivity index (χ4n) is 2.58. The van der Waals surface area contributed by atoms with Gasteiger partial charge in [0.2, 0.25) is 0 Å². The Balaban J connectivity index is 1.70. The Morgan fingerprint density at radius 1 is 1.35 bits per heavy atom. The van der Waals surface area contributed by atoms with Crippen LogP contribution in [0.4, 0.5) is 5.82 Å². The number of rotatable bonds is 5. The monoisotopic (exact) mass is 287 g/mol. The maximum atomic E-state index is 4.79. The maximum Gasteiger partial charge on any atom is 0.129 e. The molecule has 0 fully saturated rings. The average Bonchev–Trinajstić information content (AvgIpc) is 2.95. The van der Waals surface area contributed by atoms with E-state index in [1.165, 1.54) is 5.56 Å². The molecule has 0 saturated heterocycles. The van der Waals surface area contributed by atoms with Gasteiger partial charge in [-0.15, -0.1) is 11.3 Å². The normalized spacial score (nSPS) is 14.3. The molecule has 0 aromatic carbocycles. The van der Waals surface area contributed by atoms with Gasteiger partial charge in [0.05, 0.1) is 5.69 Å². The molecule has 3 heterocycles. The fraction of sp³-hybridized carbons (Fsp3) is 0.438. The van der Waals surface area contributed by atoms with Crippen molar-refractivity contribution in [3.05, 3.63) is 45.8 Å². The van der Waals surface area contributed by atoms with Crippen molar-refractivity contribution >= 4 is 17.2 Å². The lowest BCUT2D eigenvalue weighted by Gasteiger charge is -2.28. The highest BCUT2D eigenvalue weighted by atomic mass is 32.1. The number of thiophene rings is 1. The molecule has 1 N–H and O–H groups in total. The van der Waals surface area contributed by atoms with Crippen molar-refractivity contribution in [1.82, 2.24) is 10.3 Å². The number of hydrogen-bond donors (Lipinski definition) is 1. The van der Waals surface area contributed by atoms with Crippen LogP contribution in [0.3, 0.4) is 0 Å². The lowest BCUT2D eigenvalue weighted by Crippen LogP contribution is -2.30. The molecule has 0 atom stereocenters. The van der Waals surface area contributed by atoms with E-state index >= 15 is 0 Å². The SMILES string of the molecule is CCCNCc1cccc(N2CCc3sccc3C2)n1. The van der Waals surface area contributed by atoms with Crippen LogP contribution in [0.5, 0.6) is 0 Å². The van der Waals surface area contributed by atoms with Crippen LogP contribution in [0.15, 0.2) is 29.6 Å². The van der Waals surface area contributed by atoms with Gasteiger partial charge in [-0.25, -0.2) is 4.98 Å². The van der Waals surface area contributed by atoms with Gasteiger partial charge in [-0.2, -0.15) is 0 Å². The van der Waals surface area contributed by atoms with Crippen LogP contribution < -0.4 is 10.2 Å². The first-order valence-corrected chi connectivity index (χ1v) is 8.21. The molecule has 2 aromatic rings. The lowest BCUT2D eigenvalue weighted by atomic mass is 10.1. The molecule has 0 radical (unpaired) electrons. The Kier molecular flexibility index (Phi) is 4.33. The van der Waals surface area contributed by atoms with E-state index in [-0.39, 0.29) is 0 Å². The smallest absolute Gasteiger partial charge is 0.129 e. The first kappa shape index (κ1) is 13.6. The van der Waals surface area contributed by atoms with E-state index in [1.54, 1.807) is 4.88 Å². The Labute approximate surface area is 124 Å². The van der Waals surface area contributed by atoms with Gasteiger partial charge in [0.25, 0.3) is 0 Å². The zero-order chi connectivity index (χ0) is 13.8. The van der Waals surface area contributed by atoms with Crippen LogP contribution in [0.25, 0.3) is 0 Å². The van der Waals surface area contributed by atoms with Gasteiger partial charge in [-0.1, -0.05) is 13.0 Å². The summed E-state index contributed by atoms with van der Waals surface area (Å²) < 4.78 is 0. The van der Waals surface area contributed by atoms with Crippen LogP contribution in [0.1, 0.15) is 29.5 Å². The maximum absolute atomic E-state index is 4.79. The molecule has 1 aliphatic heterocycles. The largest absolute Gasteiger partial charge is 0.352 e. The van der Waals surface area contributed by atoms with E-state index in [0.29, 0.717) is 0 Å². The molecule has 106 valence electrons. The molecule has 0 amide bonds. The van der Waals surface area contributed by atoms with Gasteiger partial charge in [0.15, 0.2) is 0 Å². The van der Waals surface area contributed by atoms with Gasteiger partial charge in [0, 0.05) is 24.5 Å². The second kappa shape index (κ2) is 6.37. The van der Waals surface area contributed by atoms with Crippen molar-refractivity contribution in [2.75, 3.05) is 18.0 Å². The van der Waals surface area contributed by atoms with Gasteiger partial charge in [-0.3, -0.25) is 0 Å². The molecule has 3 rings (SSSR count). The minimum Gasteiger partial charge on any atom is -0.352 e. The van der Waals surface area contributed by atoms with Crippen molar-refractivity contribution in [2.24, 2.45) is 0 Å². The van der Waals surface area contributed by atoms with E-state index in [9.17, 15) is 0 Å². The third-order valence-corrected chi connectivity index (χ3v) is 4.68. The Morgan fingerprint density at radius 2 is 2.30 bits per heavy atom. The number of nitrogens with zero attached hydrogens (tertiary/aromatic N) is 2. The van der Waals surface area contributed by atoms with Gasteiger partial charge in [-0.05, 0) is 48.5 Å². The van der Waals surface area contributed by atoms with E-state index in [4.69, 9.17) is 4.98 Å². The zero-order valence-electron chi connectivity index (χ0n) is 11.9. The summed E-state index contributed by atoms with van der Waals surface area (Å²) in [4.78, 5) is 8.72. The number of fused-ring (bicyclic) bond motifs is 1. The van der Waals surface area contributed by atoms with Crippen molar-refractivity contribution in [3.63, 3.8) is 0 Å². The summed E-state index contributed by atoms with van der Waals surface area (Å²) in [6.07, 6.45) is 2.31. The van der Waals surface area contributed by atoms with E-state index in [2.05, 4.69) is 46.8 Å². The Hall–Kier alpha value is -1.39. The summed E-state index contributed by atoms with van der Waals surface area (Å²) in [5, 5.41) is 5.61. The van der Waals surface area contributed by atoms with Crippen LogP contribution in [0, 0.1) is 0 Å². The number of aromatic nitrogens is 1. The Bertz CT molecular complexity index is 564. The minimum atomic E-state index is 0.860. The number of anilines is 1. The van der Waals surface area contributed by atoms with Crippen LogP contribution in [0.2, 0.25) is 0 Å².